The van der Waals surface area contributed by atoms with Crippen molar-refractivity contribution in [2.75, 3.05) is 20.1 Å². The fraction of sp³-hybridized carbons (Fsp3) is 0.659. The number of rotatable bonds is 20. The standard InChI is InChI=1S/C41H60FN5O7S/c1-8-25(4)36(45-38(50)33-11-9-10-18-46(33)7)40(51)47(22-29-12-13-29)34(24(2)3)21-35(54-27(6)48)39-44-32(23-55-39)37(49)43-31(19-26(5)41(52)53)20-28-14-16-30(42)17-15-28/h14-17,23-26,29,31,33-36H,8-13,18-22H2,1-7H3,(H,43,49)(H,45,50)(H,52,53)/t25-,26-,31+,33+,34+,35+,36-/m0/s1. The number of hydrogen-bond donors (Lipinski definition) is 3. The molecule has 2 aromatic rings. The molecule has 2 heterocycles. The zero-order valence-corrected chi connectivity index (χ0v) is 34.2. The number of aromatic nitrogens is 1. The molecule has 1 aromatic heterocycles. The Balaban J connectivity index is 1.57. The number of ether oxygens (including phenoxy) is 1. The first-order valence-corrected chi connectivity index (χ1v) is 20.7. The van der Waals surface area contributed by atoms with E-state index in [0.29, 0.717) is 23.9 Å². The molecule has 1 aliphatic heterocycles. The molecule has 7 atom stereocenters. The topological polar surface area (TPSA) is 158 Å². The van der Waals surface area contributed by atoms with Crippen LogP contribution in [0, 0.1) is 29.5 Å². The molecule has 1 saturated carbocycles. The molecule has 1 aromatic carbocycles. The van der Waals surface area contributed by atoms with Gasteiger partial charge in [0.1, 0.15) is 22.6 Å². The normalized spacial score (nSPS) is 19.4. The van der Waals surface area contributed by atoms with Gasteiger partial charge in [-0.1, -0.05) is 59.6 Å². The lowest BCUT2D eigenvalue weighted by Crippen LogP contribution is -2.59. The average Bonchev–Trinajstić information content (AvgIpc) is 3.82. The molecule has 1 saturated heterocycles. The minimum Gasteiger partial charge on any atom is -0.481 e. The van der Waals surface area contributed by atoms with Crippen LogP contribution in [-0.2, 0) is 30.3 Å². The Morgan fingerprint density at radius 1 is 1.04 bits per heavy atom. The van der Waals surface area contributed by atoms with E-state index in [2.05, 4.69) is 20.5 Å². The summed E-state index contributed by atoms with van der Waals surface area (Å²) in [7, 11) is 1.95. The summed E-state index contributed by atoms with van der Waals surface area (Å²) in [6.07, 6.45) is 5.26. The molecule has 304 valence electrons. The molecule has 4 rings (SSSR count). The smallest absolute Gasteiger partial charge is 0.306 e. The number of hydrogen-bond acceptors (Lipinski definition) is 9. The number of carbonyl (C=O) groups excluding carboxylic acids is 4. The molecular weight excluding hydrogens is 726 g/mol. The van der Waals surface area contributed by atoms with E-state index in [1.807, 2.05) is 39.6 Å². The third-order valence-electron chi connectivity index (χ3n) is 11.0. The Morgan fingerprint density at radius 2 is 1.73 bits per heavy atom. The van der Waals surface area contributed by atoms with Crippen molar-refractivity contribution >= 4 is 41.0 Å². The Bertz CT molecular complexity index is 1620. The molecule has 1 aliphatic carbocycles. The zero-order chi connectivity index (χ0) is 40.4. The van der Waals surface area contributed by atoms with Gasteiger partial charge in [-0.25, -0.2) is 9.37 Å². The third-order valence-corrected chi connectivity index (χ3v) is 12.0. The van der Waals surface area contributed by atoms with Crippen LogP contribution in [0.1, 0.15) is 120 Å². The number of piperidine rings is 1. The number of likely N-dealkylation sites (N-methyl/N-ethyl adjacent to an activating group) is 1. The van der Waals surface area contributed by atoms with Crippen LogP contribution in [-0.4, -0.2) is 93.9 Å². The molecular formula is C41H60FN5O7S. The number of esters is 1. The summed E-state index contributed by atoms with van der Waals surface area (Å²) in [5, 5.41) is 17.6. The van der Waals surface area contributed by atoms with E-state index in [9.17, 15) is 33.5 Å². The van der Waals surface area contributed by atoms with Crippen LogP contribution in [0.4, 0.5) is 4.39 Å². The second kappa shape index (κ2) is 20.3. The molecule has 14 heteroatoms. The molecule has 0 unspecified atom stereocenters. The molecule has 0 bridgehead atoms. The summed E-state index contributed by atoms with van der Waals surface area (Å²) in [4.78, 5) is 74.7. The third kappa shape index (κ3) is 12.8. The highest BCUT2D eigenvalue weighted by molar-refractivity contribution is 7.09. The van der Waals surface area contributed by atoms with Gasteiger partial charge in [-0.2, -0.15) is 0 Å². The molecule has 0 spiro atoms. The van der Waals surface area contributed by atoms with Gasteiger partial charge < -0.3 is 25.4 Å². The van der Waals surface area contributed by atoms with E-state index in [0.717, 1.165) is 44.2 Å². The van der Waals surface area contributed by atoms with E-state index in [1.165, 1.54) is 30.4 Å². The fourth-order valence-electron chi connectivity index (χ4n) is 7.29. The van der Waals surface area contributed by atoms with Crippen LogP contribution in [0.5, 0.6) is 0 Å². The predicted molar refractivity (Wildman–Crippen MR) is 209 cm³/mol. The summed E-state index contributed by atoms with van der Waals surface area (Å²) in [5.74, 6) is -3.29. The molecule has 2 aliphatic rings. The molecule has 3 amide bonds. The molecule has 3 N–H and O–H groups in total. The van der Waals surface area contributed by atoms with E-state index in [4.69, 9.17) is 4.74 Å². The molecule has 0 radical (unpaired) electrons. The highest BCUT2D eigenvalue weighted by Crippen LogP contribution is 2.36. The summed E-state index contributed by atoms with van der Waals surface area (Å²) < 4.78 is 19.4. The van der Waals surface area contributed by atoms with Crippen LogP contribution in [0.3, 0.4) is 0 Å². The average molecular weight is 786 g/mol. The van der Waals surface area contributed by atoms with Crippen LogP contribution in [0.25, 0.3) is 0 Å². The highest BCUT2D eigenvalue weighted by Gasteiger charge is 2.41. The lowest BCUT2D eigenvalue weighted by molar-refractivity contribution is -0.150. The van der Waals surface area contributed by atoms with Crippen molar-refractivity contribution in [2.24, 2.45) is 23.7 Å². The lowest BCUT2D eigenvalue weighted by Gasteiger charge is -2.40. The lowest BCUT2D eigenvalue weighted by atomic mass is 9.91. The molecule has 12 nitrogen and oxygen atoms in total. The largest absolute Gasteiger partial charge is 0.481 e. The molecule has 2 fully saturated rings. The van der Waals surface area contributed by atoms with Gasteiger partial charge in [-0.15, -0.1) is 11.3 Å². The van der Waals surface area contributed by atoms with E-state index in [-0.39, 0.29) is 60.7 Å². The Labute approximate surface area is 329 Å². The van der Waals surface area contributed by atoms with Gasteiger partial charge >= 0.3 is 11.9 Å². The number of thiazole rings is 1. The fourth-order valence-corrected chi connectivity index (χ4v) is 8.13. The monoisotopic (exact) mass is 785 g/mol. The van der Waals surface area contributed by atoms with Crippen molar-refractivity contribution in [2.45, 2.75) is 130 Å². The first-order valence-electron chi connectivity index (χ1n) is 19.8. The number of aliphatic carboxylic acids is 1. The number of carbonyl (C=O) groups is 5. The first-order chi connectivity index (χ1) is 26.1. The molecule has 55 heavy (non-hydrogen) atoms. The number of amides is 3. The van der Waals surface area contributed by atoms with Crippen molar-refractivity contribution in [3.05, 3.63) is 51.7 Å². The highest BCUT2D eigenvalue weighted by atomic mass is 32.1. The van der Waals surface area contributed by atoms with Gasteiger partial charge in [0.05, 0.1) is 12.0 Å². The van der Waals surface area contributed by atoms with Crippen molar-refractivity contribution in [1.82, 2.24) is 25.4 Å². The first kappa shape index (κ1) is 43.8. The van der Waals surface area contributed by atoms with Crippen LogP contribution in [0.15, 0.2) is 29.6 Å². The second-order valence-corrected chi connectivity index (χ2v) is 16.9. The minimum atomic E-state index is -0.998. The van der Waals surface area contributed by atoms with Crippen LogP contribution in [0.2, 0.25) is 0 Å². The summed E-state index contributed by atoms with van der Waals surface area (Å²) in [6.45, 7) is 12.3. The Kier molecular flexibility index (Phi) is 16.2. The van der Waals surface area contributed by atoms with Crippen LogP contribution < -0.4 is 10.6 Å². The number of carboxylic acid groups (broad SMARTS) is 1. The predicted octanol–water partition coefficient (Wildman–Crippen LogP) is 6.01. The van der Waals surface area contributed by atoms with Gasteiger partial charge in [-0.05, 0) is 87.6 Å². The summed E-state index contributed by atoms with van der Waals surface area (Å²) in [6, 6.07) is 3.87. The van der Waals surface area contributed by atoms with Gasteiger partial charge in [0.25, 0.3) is 5.91 Å². The zero-order valence-electron chi connectivity index (χ0n) is 33.4. The van der Waals surface area contributed by atoms with E-state index >= 15 is 0 Å². The summed E-state index contributed by atoms with van der Waals surface area (Å²) >= 11 is 1.17. The number of halogens is 1. The minimum absolute atomic E-state index is 0.0512. The maximum absolute atomic E-state index is 14.7. The maximum atomic E-state index is 14.7. The number of carboxylic acids is 1. The Morgan fingerprint density at radius 3 is 2.31 bits per heavy atom. The van der Waals surface area contributed by atoms with E-state index < -0.39 is 47.8 Å². The van der Waals surface area contributed by atoms with Crippen LogP contribution >= 0.6 is 11.3 Å². The number of nitrogens with zero attached hydrogens (tertiary/aromatic N) is 3. The number of likely N-dealkylation sites (tertiary alicyclic amines) is 1. The second-order valence-electron chi connectivity index (χ2n) is 16.0. The van der Waals surface area contributed by atoms with Gasteiger partial charge in [-0.3, -0.25) is 28.9 Å². The maximum Gasteiger partial charge on any atom is 0.306 e. The van der Waals surface area contributed by atoms with E-state index in [1.54, 1.807) is 24.4 Å². The van der Waals surface area contributed by atoms with Gasteiger partial charge in [0, 0.05) is 37.4 Å². The van der Waals surface area contributed by atoms with Crippen molar-refractivity contribution in [3.63, 3.8) is 0 Å². The van der Waals surface area contributed by atoms with Crippen molar-refractivity contribution < 1.29 is 38.2 Å². The number of nitrogens with one attached hydrogen (secondary N) is 2. The summed E-state index contributed by atoms with van der Waals surface area (Å²) in [5.41, 5.74) is 0.822. The van der Waals surface area contributed by atoms with Gasteiger partial charge in [0.15, 0.2) is 6.10 Å². The van der Waals surface area contributed by atoms with Crippen molar-refractivity contribution in [3.8, 4) is 0 Å². The number of benzene rings is 1. The quantitative estimate of drug-likeness (QED) is 0.137. The van der Waals surface area contributed by atoms with Gasteiger partial charge in [0.2, 0.25) is 11.8 Å². The van der Waals surface area contributed by atoms with Crippen molar-refractivity contribution in [1.29, 1.82) is 0 Å². The Hall–Kier alpha value is -3.91. The SMILES string of the molecule is CC[C@H](C)[C@H](NC(=O)[C@H]1CCCCN1C)C(=O)N(CC1CC1)[C@H](C[C@@H](OC(C)=O)c1nc(C(=O)N[C@@H](Cc2ccc(F)cc2)C[C@H](C)C(=O)O)cs1)C(C)C.